The maximum absolute atomic E-state index is 12.8. The molecule has 0 aromatic carbocycles. The van der Waals surface area contributed by atoms with Crippen LogP contribution >= 0.6 is 0 Å². The molecule has 1 aliphatic heterocycles. The molecule has 3 heterocycles. The van der Waals surface area contributed by atoms with Gasteiger partial charge in [-0.25, -0.2) is 0 Å². The summed E-state index contributed by atoms with van der Waals surface area (Å²) in [7, 11) is 5.92. The highest BCUT2D eigenvalue weighted by molar-refractivity contribution is 5.94. The van der Waals surface area contributed by atoms with E-state index in [1.165, 1.54) is 0 Å². The third-order valence-electron chi connectivity index (χ3n) is 4.33. The summed E-state index contributed by atoms with van der Waals surface area (Å²) in [6.45, 7) is 3.13. The topological polar surface area (TPSA) is 76.4 Å². The first kappa shape index (κ1) is 17.5. The Kier molecular flexibility index (Phi) is 5.40. The summed E-state index contributed by atoms with van der Waals surface area (Å²) in [4.78, 5) is 20.6. The summed E-state index contributed by atoms with van der Waals surface area (Å²) in [6, 6.07) is 3.47. The van der Waals surface area contributed by atoms with Crippen LogP contribution in [0.25, 0.3) is 0 Å². The number of amides is 1. The van der Waals surface area contributed by atoms with Crippen molar-refractivity contribution in [3.63, 3.8) is 0 Å². The number of aryl methyl sites for hydroxylation is 1. The summed E-state index contributed by atoms with van der Waals surface area (Å²) in [5, 5.41) is 8.36. The monoisotopic (exact) mass is 344 g/mol. The highest BCUT2D eigenvalue weighted by Gasteiger charge is 2.32. The van der Waals surface area contributed by atoms with E-state index in [4.69, 9.17) is 4.74 Å². The molecule has 8 heteroatoms. The molecule has 134 valence electrons. The summed E-state index contributed by atoms with van der Waals surface area (Å²) < 4.78 is 7.64. The molecule has 0 saturated heterocycles. The molecule has 1 atom stereocenters. The summed E-state index contributed by atoms with van der Waals surface area (Å²) in [5.74, 6) is 0.0497. The lowest BCUT2D eigenvalue weighted by atomic mass is 9.98. The predicted octanol–water partition coefficient (Wildman–Crippen LogP) is 0.528. The number of rotatable bonds is 6. The van der Waals surface area contributed by atoms with Crippen LogP contribution in [0.2, 0.25) is 0 Å². The molecule has 1 aliphatic rings. The van der Waals surface area contributed by atoms with Crippen LogP contribution in [0.5, 0.6) is 0 Å². The Hall–Kier alpha value is -2.32. The first-order chi connectivity index (χ1) is 12.1. The van der Waals surface area contributed by atoms with Gasteiger partial charge in [-0.1, -0.05) is 5.21 Å². The molecular weight excluding hydrogens is 320 g/mol. The van der Waals surface area contributed by atoms with Gasteiger partial charge in [0, 0.05) is 44.0 Å². The van der Waals surface area contributed by atoms with Crippen molar-refractivity contribution in [2.75, 3.05) is 40.4 Å². The standard InChI is InChI=1S/C17H24N6O2/c1-21(2)8-9-25-12-14-10-23(11-15-16(14)22(3)20-19-15)17(24)13-4-6-18-7-5-13/h4-7,14H,8-12H2,1-3H3/t14-/m0/s1. The van der Waals surface area contributed by atoms with Gasteiger partial charge in [-0.3, -0.25) is 14.5 Å². The zero-order valence-electron chi connectivity index (χ0n) is 14.9. The molecule has 0 aliphatic carbocycles. The summed E-state index contributed by atoms with van der Waals surface area (Å²) >= 11 is 0. The van der Waals surface area contributed by atoms with Gasteiger partial charge in [-0.2, -0.15) is 0 Å². The molecule has 0 N–H and O–H groups in total. The van der Waals surface area contributed by atoms with Crippen LogP contribution in [0.15, 0.2) is 24.5 Å². The molecule has 8 nitrogen and oxygen atoms in total. The molecule has 0 radical (unpaired) electrons. The Morgan fingerprint density at radius 2 is 2.12 bits per heavy atom. The second kappa shape index (κ2) is 7.71. The van der Waals surface area contributed by atoms with Crippen LogP contribution in [0.4, 0.5) is 0 Å². The smallest absolute Gasteiger partial charge is 0.254 e. The Bertz CT molecular complexity index is 715. The van der Waals surface area contributed by atoms with E-state index in [-0.39, 0.29) is 11.8 Å². The van der Waals surface area contributed by atoms with E-state index >= 15 is 0 Å². The minimum Gasteiger partial charge on any atom is -0.379 e. The molecule has 0 unspecified atom stereocenters. The highest BCUT2D eigenvalue weighted by Crippen LogP contribution is 2.27. The first-order valence-electron chi connectivity index (χ1n) is 8.36. The van der Waals surface area contributed by atoms with E-state index in [1.807, 2.05) is 26.0 Å². The lowest BCUT2D eigenvalue weighted by Crippen LogP contribution is -2.40. The van der Waals surface area contributed by atoms with E-state index in [9.17, 15) is 4.79 Å². The number of fused-ring (bicyclic) bond motifs is 1. The number of hydrogen-bond donors (Lipinski definition) is 0. The number of carbonyl (C=O) groups is 1. The van der Waals surface area contributed by atoms with Gasteiger partial charge >= 0.3 is 0 Å². The number of pyridine rings is 1. The number of nitrogens with zero attached hydrogens (tertiary/aromatic N) is 6. The van der Waals surface area contributed by atoms with Gasteiger partial charge in [0.1, 0.15) is 5.69 Å². The van der Waals surface area contributed by atoms with Crippen LogP contribution in [-0.4, -0.2) is 76.1 Å². The largest absolute Gasteiger partial charge is 0.379 e. The van der Waals surface area contributed by atoms with Crippen molar-refractivity contribution < 1.29 is 9.53 Å². The lowest BCUT2D eigenvalue weighted by Gasteiger charge is -2.32. The van der Waals surface area contributed by atoms with E-state index in [2.05, 4.69) is 20.2 Å². The summed E-state index contributed by atoms with van der Waals surface area (Å²) in [5.41, 5.74) is 2.54. The lowest BCUT2D eigenvalue weighted by molar-refractivity contribution is 0.0613. The van der Waals surface area contributed by atoms with Gasteiger partial charge < -0.3 is 14.5 Å². The molecular formula is C17H24N6O2. The zero-order chi connectivity index (χ0) is 17.8. The maximum atomic E-state index is 12.8. The molecule has 0 saturated carbocycles. The van der Waals surface area contributed by atoms with Crippen molar-refractivity contribution in [1.82, 2.24) is 29.8 Å². The number of ether oxygens (including phenoxy) is 1. The fourth-order valence-corrected chi connectivity index (χ4v) is 3.05. The van der Waals surface area contributed by atoms with E-state index < -0.39 is 0 Å². The molecule has 0 spiro atoms. The van der Waals surface area contributed by atoms with Crippen molar-refractivity contribution in [3.8, 4) is 0 Å². The Balaban J connectivity index is 1.73. The number of likely N-dealkylation sites (N-methyl/N-ethyl adjacent to an activating group) is 1. The van der Waals surface area contributed by atoms with Crippen molar-refractivity contribution in [2.24, 2.45) is 7.05 Å². The average molecular weight is 344 g/mol. The minimum atomic E-state index is -0.0167. The van der Waals surface area contributed by atoms with Crippen LogP contribution in [0, 0.1) is 0 Å². The second-order valence-electron chi connectivity index (χ2n) is 6.54. The number of hydrogen-bond acceptors (Lipinski definition) is 6. The number of aromatic nitrogens is 4. The number of carbonyl (C=O) groups excluding carboxylic acids is 1. The van der Waals surface area contributed by atoms with Gasteiger partial charge in [-0.15, -0.1) is 5.10 Å². The second-order valence-corrected chi connectivity index (χ2v) is 6.54. The van der Waals surface area contributed by atoms with Crippen molar-refractivity contribution in [2.45, 2.75) is 12.5 Å². The Labute approximate surface area is 147 Å². The first-order valence-corrected chi connectivity index (χ1v) is 8.36. The Morgan fingerprint density at radius 1 is 1.36 bits per heavy atom. The van der Waals surface area contributed by atoms with Gasteiger partial charge in [-0.05, 0) is 26.2 Å². The molecule has 0 fully saturated rings. The maximum Gasteiger partial charge on any atom is 0.254 e. The third kappa shape index (κ3) is 4.02. The van der Waals surface area contributed by atoms with Crippen molar-refractivity contribution in [3.05, 3.63) is 41.5 Å². The van der Waals surface area contributed by atoms with Crippen LogP contribution in [-0.2, 0) is 18.3 Å². The normalized spacial score (nSPS) is 17.0. The molecule has 2 aromatic rings. The zero-order valence-corrected chi connectivity index (χ0v) is 14.9. The Morgan fingerprint density at radius 3 is 2.84 bits per heavy atom. The van der Waals surface area contributed by atoms with E-state index in [0.29, 0.717) is 31.9 Å². The quantitative estimate of drug-likeness (QED) is 0.712. The van der Waals surface area contributed by atoms with Gasteiger partial charge in [0.25, 0.3) is 5.91 Å². The molecule has 2 aromatic heterocycles. The molecule has 25 heavy (non-hydrogen) atoms. The van der Waals surface area contributed by atoms with E-state index in [0.717, 1.165) is 17.9 Å². The summed E-state index contributed by atoms with van der Waals surface area (Å²) in [6.07, 6.45) is 3.26. The van der Waals surface area contributed by atoms with Crippen molar-refractivity contribution >= 4 is 5.91 Å². The average Bonchev–Trinajstić information content (AvgIpc) is 2.99. The van der Waals surface area contributed by atoms with Crippen molar-refractivity contribution in [1.29, 1.82) is 0 Å². The highest BCUT2D eigenvalue weighted by atomic mass is 16.5. The van der Waals surface area contributed by atoms with Gasteiger partial charge in [0.2, 0.25) is 0 Å². The van der Waals surface area contributed by atoms with Crippen LogP contribution in [0.1, 0.15) is 27.7 Å². The minimum absolute atomic E-state index is 0.0167. The van der Waals surface area contributed by atoms with Gasteiger partial charge in [0.15, 0.2) is 0 Å². The fourth-order valence-electron chi connectivity index (χ4n) is 3.05. The molecule has 3 rings (SSSR count). The predicted molar refractivity (Wildman–Crippen MR) is 92.1 cm³/mol. The third-order valence-corrected chi connectivity index (χ3v) is 4.33. The van der Waals surface area contributed by atoms with Crippen LogP contribution < -0.4 is 0 Å². The molecule has 0 bridgehead atoms. The SMILES string of the molecule is CN(C)CCOC[C@@H]1CN(C(=O)c2ccncc2)Cc2nnn(C)c21. The van der Waals surface area contributed by atoms with Crippen LogP contribution in [0.3, 0.4) is 0 Å². The van der Waals surface area contributed by atoms with E-state index in [1.54, 1.807) is 29.2 Å². The fraction of sp³-hybridized carbons (Fsp3) is 0.529. The molecule has 1 amide bonds. The van der Waals surface area contributed by atoms with Gasteiger partial charge in [0.05, 0.1) is 25.5 Å².